The molecule has 8 nitrogen and oxygen atoms in total. The van der Waals surface area contributed by atoms with Crippen molar-refractivity contribution in [2.75, 3.05) is 19.6 Å². The Bertz CT molecular complexity index is 778. The highest BCUT2D eigenvalue weighted by Gasteiger charge is 2.55. The second-order valence-electron chi connectivity index (χ2n) is 6.59. The largest absolute Gasteiger partial charge is 0.480 e. The van der Waals surface area contributed by atoms with E-state index in [9.17, 15) is 19.2 Å². The summed E-state index contributed by atoms with van der Waals surface area (Å²) in [7, 11) is 0. The minimum absolute atomic E-state index is 0.253. The number of carbonyl (C=O) groups excluding carboxylic acids is 3. The summed E-state index contributed by atoms with van der Waals surface area (Å²) in [4.78, 5) is 50.8. The maximum atomic E-state index is 13.0. The van der Waals surface area contributed by atoms with Crippen LogP contribution < -0.4 is 5.32 Å². The van der Waals surface area contributed by atoms with Crippen LogP contribution in [0.4, 0.5) is 4.79 Å². The second kappa shape index (κ2) is 6.78. The summed E-state index contributed by atoms with van der Waals surface area (Å²) in [5, 5.41) is 11.7. The number of amides is 4. The van der Waals surface area contributed by atoms with E-state index in [2.05, 4.69) is 5.32 Å². The number of carboxylic acids is 1. The number of urea groups is 1. The molecule has 26 heavy (non-hydrogen) atoms. The normalized spacial score (nSPS) is 21.0. The van der Waals surface area contributed by atoms with Crippen molar-refractivity contribution in [2.45, 2.75) is 31.7 Å². The molecule has 138 valence electrons. The molecule has 2 N–H and O–H groups in total. The van der Waals surface area contributed by atoms with E-state index < -0.39 is 42.4 Å². The van der Waals surface area contributed by atoms with Crippen molar-refractivity contribution in [2.24, 2.45) is 0 Å². The number of carbonyl (C=O) groups is 4. The van der Waals surface area contributed by atoms with Crippen LogP contribution in [0.25, 0.3) is 0 Å². The lowest BCUT2D eigenvalue weighted by Crippen LogP contribution is -2.46. The monoisotopic (exact) mass is 359 g/mol. The lowest BCUT2D eigenvalue weighted by molar-refractivity contribution is -0.145. The molecule has 1 spiro atoms. The average molecular weight is 359 g/mol. The van der Waals surface area contributed by atoms with Gasteiger partial charge in [0.25, 0.3) is 5.91 Å². The number of fused-ring (bicyclic) bond motifs is 2. The molecule has 1 unspecified atom stereocenters. The van der Waals surface area contributed by atoms with E-state index >= 15 is 0 Å². The highest BCUT2D eigenvalue weighted by molar-refractivity contribution is 6.10. The fourth-order valence-electron chi connectivity index (χ4n) is 3.69. The Kier molecular flexibility index (Phi) is 4.67. The molecule has 0 aromatic heterocycles. The number of hydrogen-bond acceptors (Lipinski definition) is 4. The molecule has 0 bridgehead atoms. The van der Waals surface area contributed by atoms with Crippen molar-refractivity contribution in [3.05, 3.63) is 35.4 Å². The first-order valence-corrected chi connectivity index (χ1v) is 8.61. The van der Waals surface area contributed by atoms with E-state index in [0.717, 1.165) is 20.9 Å². The van der Waals surface area contributed by atoms with Crippen molar-refractivity contribution in [1.29, 1.82) is 0 Å². The van der Waals surface area contributed by atoms with Gasteiger partial charge in [-0.15, -0.1) is 0 Å². The SMILES string of the molecule is CCCN(CC(=O)O)C(=O)CN1C(=O)NC2(CCc3ccccc32)C1=O. The van der Waals surface area contributed by atoms with Crippen LogP contribution in [0.3, 0.4) is 0 Å². The standard InChI is InChI=1S/C18H21N3O5/c1-2-9-20(11-15(23)24)14(22)10-21-16(25)18(19-17(21)26)8-7-12-5-3-4-6-13(12)18/h3-6H,2,7-11H2,1H3,(H,19,26)(H,23,24). The first-order valence-electron chi connectivity index (χ1n) is 8.61. The predicted molar refractivity (Wildman–Crippen MR) is 91.2 cm³/mol. The Morgan fingerprint density at radius 1 is 1.31 bits per heavy atom. The molecule has 1 fully saturated rings. The highest BCUT2D eigenvalue weighted by Crippen LogP contribution is 2.41. The Balaban J connectivity index is 1.80. The second-order valence-corrected chi connectivity index (χ2v) is 6.59. The number of nitrogens with zero attached hydrogens (tertiary/aromatic N) is 2. The Labute approximate surface area is 150 Å². The third-order valence-electron chi connectivity index (χ3n) is 4.89. The van der Waals surface area contributed by atoms with Crippen LogP contribution in [-0.4, -0.2) is 58.4 Å². The van der Waals surface area contributed by atoms with Gasteiger partial charge in [-0.25, -0.2) is 4.79 Å². The molecule has 1 aromatic carbocycles. The van der Waals surface area contributed by atoms with E-state index in [-0.39, 0.29) is 6.54 Å². The number of nitrogens with one attached hydrogen (secondary N) is 1. The molecule has 1 aromatic rings. The van der Waals surface area contributed by atoms with Gasteiger partial charge < -0.3 is 15.3 Å². The topological polar surface area (TPSA) is 107 Å². The van der Waals surface area contributed by atoms with Crippen molar-refractivity contribution in [3.8, 4) is 0 Å². The van der Waals surface area contributed by atoms with Crippen molar-refractivity contribution in [3.63, 3.8) is 0 Å². The summed E-state index contributed by atoms with van der Waals surface area (Å²) < 4.78 is 0. The minimum Gasteiger partial charge on any atom is -0.480 e. The van der Waals surface area contributed by atoms with E-state index in [0.29, 0.717) is 19.3 Å². The summed E-state index contributed by atoms with van der Waals surface area (Å²) in [6, 6.07) is 6.82. The number of rotatable bonds is 6. The maximum absolute atomic E-state index is 13.0. The smallest absolute Gasteiger partial charge is 0.325 e. The van der Waals surface area contributed by atoms with Crippen molar-refractivity contribution < 1.29 is 24.3 Å². The van der Waals surface area contributed by atoms with Gasteiger partial charge in [-0.1, -0.05) is 31.2 Å². The van der Waals surface area contributed by atoms with Gasteiger partial charge in [0.05, 0.1) is 0 Å². The quantitative estimate of drug-likeness (QED) is 0.727. The molecule has 1 aliphatic carbocycles. The van der Waals surface area contributed by atoms with E-state index in [1.165, 1.54) is 0 Å². The molecule has 0 radical (unpaired) electrons. The van der Waals surface area contributed by atoms with Crippen LogP contribution in [0.15, 0.2) is 24.3 Å². The fraction of sp³-hybridized carbons (Fsp3) is 0.444. The summed E-state index contributed by atoms with van der Waals surface area (Å²) in [5.41, 5.74) is 0.660. The molecule has 0 saturated carbocycles. The van der Waals surface area contributed by atoms with Crippen LogP contribution >= 0.6 is 0 Å². The van der Waals surface area contributed by atoms with Gasteiger partial charge in [0, 0.05) is 6.54 Å². The third-order valence-corrected chi connectivity index (χ3v) is 4.89. The minimum atomic E-state index is -1.13. The number of hydrogen-bond donors (Lipinski definition) is 2. The molecule has 1 heterocycles. The van der Waals surface area contributed by atoms with Crippen molar-refractivity contribution >= 4 is 23.8 Å². The fourth-order valence-corrected chi connectivity index (χ4v) is 3.69. The Hall–Kier alpha value is -2.90. The molecular weight excluding hydrogens is 338 g/mol. The molecule has 3 rings (SSSR count). The summed E-state index contributed by atoms with van der Waals surface area (Å²) in [5.74, 6) is -2.14. The van der Waals surface area contributed by atoms with Crippen LogP contribution in [0.5, 0.6) is 0 Å². The molecule has 4 amide bonds. The zero-order valence-electron chi connectivity index (χ0n) is 14.5. The molecule has 1 atom stereocenters. The first-order chi connectivity index (χ1) is 12.4. The number of carboxylic acid groups (broad SMARTS) is 1. The van der Waals surface area contributed by atoms with Gasteiger partial charge in [0.1, 0.15) is 18.6 Å². The van der Waals surface area contributed by atoms with Gasteiger partial charge in [0.15, 0.2) is 0 Å². The summed E-state index contributed by atoms with van der Waals surface area (Å²) in [6.45, 7) is 1.16. The Morgan fingerprint density at radius 2 is 2.04 bits per heavy atom. The van der Waals surface area contributed by atoms with Crippen LogP contribution in [0.2, 0.25) is 0 Å². The van der Waals surface area contributed by atoms with Crippen LogP contribution in [0.1, 0.15) is 30.9 Å². The van der Waals surface area contributed by atoms with Gasteiger partial charge >= 0.3 is 12.0 Å². The number of aryl methyl sites for hydroxylation is 1. The molecule has 8 heteroatoms. The van der Waals surface area contributed by atoms with E-state index in [4.69, 9.17) is 5.11 Å². The lowest BCUT2D eigenvalue weighted by Gasteiger charge is -2.24. The average Bonchev–Trinajstić information content (AvgIpc) is 3.08. The van der Waals surface area contributed by atoms with E-state index in [1.807, 2.05) is 31.2 Å². The van der Waals surface area contributed by atoms with Gasteiger partial charge in [-0.3, -0.25) is 19.3 Å². The number of benzene rings is 1. The first kappa shape index (κ1) is 17.9. The number of aliphatic carboxylic acids is 1. The van der Waals surface area contributed by atoms with Gasteiger partial charge in [-0.2, -0.15) is 0 Å². The Morgan fingerprint density at radius 3 is 2.73 bits per heavy atom. The van der Waals surface area contributed by atoms with Gasteiger partial charge in [-0.05, 0) is 30.4 Å². The molecule has 1 aliphatic heterocycles. The predicted octanol–water partition coefficient (Wildman–Crippen LogP) is 0.703. The van der Waals surface area contributed by atoms with Crippen molar-refractivity contribution in [1.82, 2.24) is 15.1 Å². The summed E-state index contributed by atoms with van der Waals surface area (Å²) in [6.07, 6.45) is 1.71. The summed E-state index contributed by atoms with van der Waals surface area (Å²) >= 11 is 0. The molecular formula is C18H21N3O5. The molecule has 1 saturated heterocycles. The zero-order chi connectivity index (χ0) is 18.9. The van der Waals surface area contributed by atoms with E-state index in [1.54, 1.807) is 0 Å². The molecule has 2 aliphatic rings. The zero-order valence-corrected chi connectivity index (χ0v) is 14.5. The van der Waals surface area contributed by atoms with Gasteiger partial charge in [0.2, 0.25) is 5.91 Å². The van der Waals surface area contributed by atoms with Crippen LogP contribution in [0, 0.1) is 0 Å². The number of imide groups is 1. The maximum Gasteiger partial charge on any atom is 0.325 e. The third kappa shape index (κ3) is 2.91. The lowest BCUT2D eigenvalue weighted by atomic mass is 9.92. The highest BCUT2D eigenvalue weighted by atomic mass is 16.4. The van der Waals surface area contributed by atoms with Crippen LogP contribution in [-0.2, 0) is 26.3 Å².